The zero-order valence-corrected chi connectivity index (χ0v) is 23.4. The monoisotopic (exact) mass is 559 g/mol. The van der Waals surface area contributed by atoms with Gasteiger partial charge in [-0.25, -0.2) is 0 Å². The van der Waals surface area contributed by atoms with Crippen LogP contribution in [-0.4, -0.2) is 9.13 Å². The average Bonchev–Trinajstić information content (AvgIpc) is 3.60. The lowest BCUT2D eigenvalue weighted by Crippen LogP contribution is -1.96. The van der Waals surface area contributed by atoms with Gasteiger partial charge in [0.05, 0.1) is 44.8 Å². The van der Waals surface area contributed by atoms with Gasteiger partial charge in [-0.2, -0.15) is 15.8 Å². The van der Waals surface area contributed by atoms with Crippen molar-refractivity contribution in [2.75, 3.05) is 0 Å². The molecule has 0 aliphatic heterocycles. The molecule has 6 aromatic carbocycles. The van der Waals surface area contributed by atoms with Gasteiger partial charge in [-0.1, -0.05) is 66.7 Å². The third-order valence-electron chi connectivity index (χ3n) is 8.42. The maximum absolute atomic E-state index is 9.74. The van der Waals surface area contributed by atoms with Crippen molar-refractivity contribution in [2.24, 2.45) is 0 Å². The van der Waals surface area contributed by atoms with Gasteiger partial charge in [0.2, 0.25) is 0 Å². The summed E-state index contributed by atoms with van der Waals surface area (Å²) in [5, 5.41) is 33.3. The molecule has 8 rings (SSSR count). The molecular weight excluding hydrogens is 538 g/mol. The Morgan fingerprint density at radius 2 is 1.09 bits per heavy atom. The highest BCUT2D eigenvalue weighted by Gasteiger charge is 2.19. The number of nitriles is 3. The first-order chi connectivity index (χ1) is 21.7. The predicted molar refractivity (Wildman–Crippen MR) is 175 cm³/mol. The number of hydrogen-bond acceptors (Lipinski definition) is 3. The summed E-state index contributed by atoms with van der Waals surface area (Å²) in [6.45, 7) is 0. The molecule has 5 nitrogen and oxygen atoms in total. The summed E-state index contributed by atoms with van der Waals surface area (Å²) in [5.41, 5.74) is 9.45. The molecule has 44 heavy (non-hydrogen) atoms. The fourth-order valence-electron chi connectivity index (χ4n) is 6.53. The van der Waals surface area contributed by atoms with E-state index in [0.717, 1.165) is 66.1 Å². The van der Waals surface area contributed by atoms with Gasteiger partial charge in [-0.15, -0.1) is 0 Å². The summed E-state index contributed by atoms with van der Waals surface area (Å²) in [5.74, 6) is 0. The summed E-state index contributed by atoms with van der Waals surface area (Å²) in [6.07, 6.45) is 0. The predicted octanol–water partition coefficient (Wildman–Crippen LogP) is 9.16. The Morgan fingerprint density at radius 3 is 1.89 bits per heavy atom. The van der Waals surface area contributed by atoms with Crippen molar-refractivity contribution in [2.45, 2.75) is 0 Å². The van der Waals surface area contributed by atoms with Crippen LogP contribution in [0.3, 0.4) is 0 Å². The highest BCUT2D eigenvalue weighted by Crippen LogP contribution is 2.41. The largest absolute Gasteiger partial charge is 0.309 e. The van der Waals surface area contributed by atoms with Crippen LogP contribution < -0.4 is 0 Å². The van der Waals surface area contributed by atoms with Crippen molar-refractivity contribution >= 4 is 43.6 Å². The van der Waals surface area contributed by atoms with Crippen LogP contribution in [0.2, 0.25) is 0 Å². The van der Waals surface area contributed by atoms with Crippen molar-refractivity contribution in [1.29, 1.82) is 15.8 Å². The molecule has 0 fully saturated rings. The highest BCUT2D eigenvalue weighted by atomic mass is 15.0. The minimum absolute atomic E-state index is 0.353. The fourth-order valence-corrected chi connectivity index (χ4v) is 6.53. The summed E-state index contributed by atoms with van der Waals surface area (Å²) in [6, 6.07) is 49.3. The van der Waals surface area contributed by atoms with E-state index in [1.807, 2.05) is 48.5 Å². The Labute approximate surface area is 252 Å². The van der Waals surface area contributed by atoms with Crippen LogP contribution in [0, 0.1) is 34.0 Å². The van der Waals surface area contributed by atoms with Crippen LogP contribution in [-0.2, 0) is 0 Å². The van der Waals surface area contributed by atoms with Gasteiger partial charge in [0.1, 0.15) is 12.1 Å². The number of hydrogen-bond donors (Lipinski definition) is 0. The topological polar surface area (TPSA) is 81.2 Å². The van der Waals surface area contributed by atoms with Crippen LogP contribution in [0.1, 0.15) is 16.7 Å². The first-order valence-corrected chi connectivity index (χ1v) is 14.2. The van der Waals surface area contributed by atoms with E-state index < -0.39 is 0 Å². The molecule has 0 aliphatic rings. The van der Waals surface area contributed by atoms with Gasteiger partial charge >= 0.3 is 0 Å². The number of nitrogens with zero attached hydrogens (tertiary/aromatic N) is 5. The number of rotatable bonds is 3. The Hall–Kier alpha value is -6.61. The molecule has 0 aliphatic carbocycles. The molecule has 0 bridgehead atoms. The van der Waals surface area contributed by atoms with Crippen molar-refractivity contribution in [3.63, 3.8) is 0 Å². The standard InChI is InChI=1S/C39H21N5/c40-22-25-7-5-8-29(19-25)44-35-12-3-1-9-32(35)33-18-16-26(21-38(33)44)31-11-6-14-37-39(31)34-10-2-4-13-36(34)43(37)30-17-15-27(23-41)28(20-30)24-42/h1-21H. The second-order valence-corrected chi connectivity index (χ2v) is 10.8. The van der Waals surface area contributed by atoms with Crippen LogP contribution in [0.5, 0.6) is 0 Å². The van der Waals surface area contributed by atoms with Gasteiger partial charge in [-0.05, 0) is 71.8 Å². The quantitative estimate of drug-likeness (QED) is 0.216. The SMILES string of the molecule is N#Cc1cccc(-n2c3ccccc3c3ccc(-c4cccc5c4c4ccccc4n5-c4ccc(C#N)c(C#N)c4)cc32)c1. The van der Waals surface area contributed by atoms with Crippen LogP contribution in [0.4, 0.5) is 0 Å². The Bertz CT molecular complexity index is 2600. The summed E-state index contributed by atoms with van der Waals surface area (Å²) in [4.78, 5) is 0. The highest BCUT2D eigenvalue weighted by molar-refractivity contribution is 6.17. The lowest BCUT2D eigenvalue weighted by atomic mass is 9.98. The fraction of sp³-hybridized carbons (Fsp3) is 0. The molecule has 8 aromatic rings. The van der Waals surface area contributed by atoms with E-state index in [2.05, 4.69) is 94.1 Å². The number of benzene rings is 6. The van der Waals surface area contributed by atoms with Gasteiger partial charge in [0, 0.05) is 32.9 Å². The molecule has 0 radical (unpaired) electrons. The van der Waals surface area contributed by atoms with Gasteiger partial charge < -0.3 is 9.13 Å². The minimum atomic E-state index is 0.353. The zero-order chi connectivity index (χ0) is 29.8. The molecule has 2 aromatic heterocycles. The zero-order valence-electron chi connectivity index (χ0n) is 23.4. The molecular formula is C39H21N5. The molecule has 202 valence electrons. The molecule has 0 amide bonds. The van der Waals surface area contributed by atoms with E-state index in [9.17, 15) is 15.8 Å². The maximum Gasteiger partial charge on any atom is 0.101 e. The second-order valence-electron chi connectivity index (χ2n) is 10.8. The van der Waals surface area contributed by atoms with Crippen molar-refractivity contribution < 1.29 is 0 Å². The van der Waals surface area contributed by atoms with Crippen LogP contribution in [0.15, 0.2) is 127 Å². The minimum Gasteiger partial charge on any atom is -0.309 e. The number of fused-ring (bicyclic) bond motifs is 6. The average molecular weight is 560 g/mol. The smallest absolute Gasteiger partial charge is 0.101 e. The molecule has 0 unspecified atom stereocenters. The van der Waals surface area contributed by atoms with Crippen molar-refractivity contribution in [1.82, 2.24) is 9.13 Å². The molecule has 0 atom stereocenters. The van der Waals surface area contributed by atoms with Gasteiger partial charge in [0.25, 0.3) is 0 Å². The van der Waals surface area contributed by atoms with Gasteiger partial charge in [0.15, 0.2) is 0 Å². The summed E-state index contributed by atoms with van der Waals surface area (Å²) in [7, 11) is 0. The lowest BCUT2D eigenvalue weighted by Gasteiger charge is -2.11. The number of para-hydroxylation sites is 2. The third-order valence-corrected chi connectivity index (χ3v) is 8.42. The van der Waals surface area contributed by atoms with E-state index in [-0.39, 0.29) is 0 Å². The Morgan fingerprint density at radius 1 is 0.432 bits per heavy atom. The molecule has 2 heterocycles. The van der Waals surface area contributed by atoms with Crippen molar-refractivity contribution in [3.05, 3.63) is 144 Å². The van der Waals surface area contributed by atoms with Crippen molar-refractivity contribution in [3.8, 4) is 40.7 Å². The van der Waals surface area contributed by atoms with E-state index in [1.54, 1.807) is 12.1 Å². The molecule has 0 spiro atoms. The van der Waals surface area contributed by atoms with E-state index >= 15 is 0 Å². The molecule has 0 saturated heterocycles. The first-order valence-electron chi connectivity index (χ1n) is 14.2. The summed E-state index contributed by atoms with van der Waals surface area (Å²) >= 11 is 0. The van der Waals surface area contributed by atoms with Crippen LogP contribution >= 0.6 is 0 Å². The molecule has 0 saturated carbocycles. The second kappa shape index (κ2) is 9.74. The number of aromatic nitrogens is 2. The Kier molecular flexibility index (Phi) is 5.56. The summed E-state index contributed by atoms with van der Waals surface area (Å²) < 4.78 is 4.40. The Balaban J connectivity index is 1.43. The van der Waals surface area contributed by atoms with Crippen LogP contribution in [0.25, 0.3) is 66.1 Å². The van der Waals surface area contributed by atoms with E-state index in [0.29, 0.717) is 16.7 Å². The molecule has 5 heteroatoms. The van der Waals surface area contributed by atoms with E-state index in [1.165, 1.54) is 0 Å². The third kappa shape index (κ3) is 3.63. The molecule has 0 N–H and O–H groups in total. The maximum atomic E-state index is 9.74. The van der Waals surface area contributed by atoms with Gasteiger partial charge in [-0.3, -0.25) is 0 Å². The normalized spacial score (nSPS) is 11.1. The lowest BCUT2D eigenvalue weighted by molar-refractivity contribution is 1.17. The first kappa shape index (κ1) is 25.1. The van der Waals surface area contributed by atoms with E-state index in [4.69, 9.17) is 0 Å².